The summed E-state index contributed by atoms with van der Waals surface area (Å²) in [5.74, 6) is -0.623. The van der Waals surface area contributed by atoms with E-state index in [-0.39, 0.29) is 22.3 Å². The summed E-state index contributed by atoms with van der Waals surface area (Å²) in [6, 6.07) is 17.2. The van der Waals surface area contributed by atoms with Crippen LogP contribution in [0.4, 0.5) is 0 Å². The van der Waals surface area contributed by atoms with Gasteiger partial charge in [0, 0.05) is 11.6 Å². The normalized spacial score (nSPS) is 14.3. The molecule has 34 heavy (non-hydrogen) atoms. The van der Waals surface area contributed by atoms with Gasteiger partial charge in [-0.05, 0) is 60.9 Å². The Morgan fingerprint density at radius 2 is 1.71 bits per heavy atom. The largest absolute Gasteiger partial charge is 0.495 e. The number of fused-ring (bicyclic) bond motifs is 1. The number of nitrogens with one attached hydrogen (secondary N) is 3. The minimum atomic E-state index is -3.85. The molecule has 3 N–H and O–H groups in total. The minimum absolute atomic E-state index is 0.0420. The van der Waals surface area contributed by atoms with Crippen LogP contribution in [0.3, 0.4) is 0 Å². The lowest BCUT2D eigenvalue weighted by Crippen LogP contribution is -2.47. The summed E-state index contributed by atoms with van der Waals surface area (Å²) in [5, 5.41) is 2.02. The maximum Gasteiger partial charge on any atom is 0.279 e. The average molecular weight is 484 g/mol. The van der Waals surface area contributed by atoms with E-state index in [1.54, 1.807) is 13.0 Å². The van der Waals surface area contributed by atoms with E-state index in [9.17, 15) is 18.0 Å². The van der Waals surface area contributed by atoms with Crippen LogP contribution in [0.5, 0.6) is 11.5 Å². The summed E-state index contributed by atoms with van der Waals surface area (Å²) in [6.07, 6.45) is 0.650. The molecule has 3 aromatic carbocycles. The summed E-state index contributed by atoms with van der Waals surface area (Å²) in [4.78, 5) is 24.8. The van der Waals surface area contributed by atoms with E-state index in [4.69, 9.17) is 9.47 Å². The van der Waals surface area contributed by atoms with Gasteiger partial charge in [0.1, 0.15) is 16.4 Å². The second-order valence-corrected chi connectivity index (χ2v) is 9.66. The predicted octanol–water partition coefficient (Wildman–Crippen LogP) is 2.52. The summed E-state index contributed by atoms with van der Waals surface area (Å²) >= 11 is 0. The Kier molecular flexibility index (Phi) is 6.71. The van der Waals surface area contributed by atoms with Gasteiger partial charge in [0.15, 0.2) is 6.10 Å². The number of carbonyl (C=O) groups excluding carboxylic acids is 2. The first-order valence-corrected chi connectivity index (χ1v) is 12.2. The topological polar surface area (TPSA) is 123 Å². The average Bonchev–Trinajstić information content (AvgIpc) is 3.65. The van der Waals surface area contributed by atoms with Crippen molar-refractivity contribution in [2.24, 2.45) is 0 Å². The van der Waals surface area contributed by atoms with E-state index in [0.717, 1.165) is 23.6 Å². The number of ether oxygens (including phenoxy) is 2. The fourth-order valence-electron chi connectivity index (χ4n) is 3.30. The number of amides is 2. The van der Waals surface area contributed by atoms with Crippen molar-refractivity contribution >= 4 is 32.6 Å². The molecular formula is C24H25N3O6S. The van der Waals surface area contributed by atoms with Crippen LogP contribution in [0, 0.1) is 0 Å². The van der Waals surface area contributed by atoms with Crippen molar-refractivity contribution in [3.8, 4) is 11.5 Å². The third-order valence-electron chi connectivity index (χ3n) is 5.32. The Morgan fingerprint density at radius 3 is 2.41 bits per heavy atom. The molecule has 0 radical (unpaired) electrons. The number of methoxy groups -OCH3 is 1. The van der Waals surface area contributed by atoms with E-state index < -0.39 is 27.9 Å². The molecular weight excluding hydrogens is 458 g/mol. The summed E-state index contributed by atoms with van der Waals surface area (Å²) in [7, 11) is -2.50. The first-order chi connectivity index (χ1) is 16.3. The number of hydrazine groups is 1. The third-order valence-corrected chi connectivity index (χ3v) is 6.86. The van der Waals surface area contributed by atoms with Crippen molar-refractivity contribution in [3.05, 3.63) is 66.2 Å². The Labute approximate surface area is 197 Å². The zero-order valence-electron chi connectivity index (χ0n) is 18.7. The maximum absolute atomic E-state index is 12.6. The highest BCUT2D eigenvalue weighted by Crippen LogP contribution is 2.28. The summed E-state index contributed by atoms with van der Waals surface area (Å²) in [5.41, 5.74) is 4.64. The van der Waals surface area contributed by atoms with Gasteiger partial charge >= 0.3 is 0 Å². The molecule has 9 nitrogen and oxygen atoms in total. The standard InChI is InChI=1S/C24H25N3O6S/c1-15(33-20-11-7-16-5-3-4-6-17(16)13-20)23(28)25-26-24(29)18-8-12-21(32-2)22(14-18)34(30,31)27-19-9-10-19/h3-8,11-15,19,27H,9-10H2,1-2H3,(H,25,28)(H,26,29)/t15-/m0/s1. The Bertz CT molecular complexity index is 1340. The smallest absolute Gasteiger partial charge is 0.279 e. The lowest BCUT2D eigenvalue weighted by molar-refractivity contribution is -0.128. The van der Waals surface area contributed by atoms with Crippen LogP contribution in [0.15, 0.2) is 65.6 Å². The first kappa shape index (κ1) is 23.5. The van der Waals surface area contributed by atoms with Crippen LogP contribution < -0.4 is 25.0 Å². The number of benzene rings is 3. The van der Waals surface area contributed by atoms with Gasteiger partial charge in [-0.2, -0.15) is 0 Å². The molecule has 0 heterocycles. The molecule has 10 heteroatoms. The fourth-order valence-corrected chi connectivity index (χ4v) is 4.80. The van der Waals surface area contributed by atoms with Crippen molar-refractivity contribution in [1.29, 1.82) is 0 Å². The summed E-state index contributed by atoms with van der Waals surface area (Å²) in [6.45, 7) is 1.55. The van der Waals surface area contributed by atoms with Gasteiger partial charge in [-0.15, -0.1) is 0 Å². The molecule has 1 saturated carbocycles. The lowest BCUT2D eigenvalue weighted by Gasteiger charge is -2.16. The molecule has 178 valence electrons. The highest BCUT2D eigenvalue weighted by atomic mass is 32.2. The molecule has 0 aliphatic heterocycles. The zero-order chi connectivity index (χ0) is 24.3. The molecule has 0 spiro atoms. The maximum atomic E-state index is 12.6. The Balaban J connectivity index is 1.39. The molecule has 4 rings (SSSR count). The number of carbonyl (C=O) groups is 2. The van der Waals surface area contributed by atoms with E-state index in [2.05, 4.69) is 15.6 Å². The van der Waals surface area contributed by atoms with Gasteiger partial charge in [-0.3, -0.25) is 20.4 Å². The van der Waals surface area contributed by atoms with Crippen LogP contribution >= 0.6 is 0 Å². The highest BCUT2D eigenvalue weighted by Gasteiger charge is 2.30. The minimum Gasteiger partial charge on any atom is -0.495 e. The van der Waals surface area contributed by atoms with Crippen LogP contribution in [-0.2, 0) is 14.8 Å². The molecule has 3 aromatic rings. The second-order valence-electron chi connectivity index (χ2n) is 7.97. The molecule has 1 aliphatic carbocycles. The van der Waals surface area contributed by atoms with E-state index in [1.807, 2.05) is 36.4 Å². The molecule has 0 unspecified atom stereocenters. The number of sulfonamides is 1. The molecule has 0 bridgehead atoms. The van der Waals surface area contributed by atoms with Crippen LogP contribution in [0.2, 0.25) is 0 Å². The molecule has 2 amide bonds. The molecule has 1 atom stereocenters. The molecule has 1 aliphatic rings. The quantitative estimate of drug-likeness (QED) is 0.423. The SMILES string of the molecule is COc1ccc(C(=O)NNC(=O)[C@H](C)Oc2ccc3ccccc3c2)cc1S(=O)(=O)NC1CC1. The van der Waals surface area contributed by atoms with Gasteiger partial charge in [0.25, 0.3) is 11.8 Å². The van der Waals surface area contributed by atoms with Gasteiger partial charge in [-0.25, -0.2) is 13.1 Å². The van der Waals surface area contributed by atoms with Crippen LogP contribution in [0.25, 0.3) is 10.8 Å². The van der Waals surface area contributed by atoms with E-state index in [0.29, 0.717) is 5.75 Å². The fraction of sp³-hybridized carbons (Fsp3) is 0.250. The van der Waals surface area contributed by atoms with Crippen molar-refractivity contribution in [2.75, 3.05) is 7.11 Å². The van der Waals surface area contributed by atoms with Gasteiger partial charge in [0.05, 0.1) is 7.11 Å². The molecule has 0 saturated heterocycles. The zero-order valence-corrected chi connectivity index (χ0v) is 19.5. The lowest BCUT2D eigenvalue weighted by atomic mass is 10.1. The van der Waals surface area contributed by atoms with Gasteiger partial charge < -0.3 is 9.47 Å². The number of hydrogen-bond acceptors (Lipinski definition) is 6. The number of hydrogen-bond donors (Lipinski definition) is 3. The van der Waals surface area contributed by atoms with E-state index in [1.165, 1.54) is 25.3 Å². The van der Waals surface area contributed by atoms with Crippen LogP contribution in [-0.4, -0.2) is 39.5 Å². The van der Waals surface area contributed by atoms with E-state index >= 15 is 0 Å². The summed E-state index contributed by atoms with van der Waals surface area (Å²) < 4.78 is 38.7. The molecule has 0 aromatic heterocycles. The van der Waals surface area contributed by atoms with Crippen LogP contribution in [0.1, 0.15) is 30.1 Å². The highest BCUT2D eigenvalue weighted by molar-refractivity contribution is 7.89. The van der Waals surface area contributed by atoms with Crippen molar-refractivity contribution in [1.82, 2.24) is 15.6 Å². The van der Waals surface area contributed by atoms with Crippen molar-refractivity contribution in [3.63, 3.8) is 0 Å². The molecule has 1 fully saturated rings. The Hall–Kier alpha value is -3.63. The monoisotopic (exact) mass is 483 g/mol. The first-order valence-electron chi connectivity index (χ1n) is 10.7. The third kappa shape index (κ3) is 5.46. The van der Waals surface area contributed by atoms with Gasteiger partial charge in [0.2, 0.25) is 10.0 Å². The predicted molar refractivity (Wildman–Crippen MR) is 126 cm³/mol. The van der Waals surface area contributed by atoms with Gasteiger partial charge in [-0.1, -0.05) is 30.3 Å². The van der Waals surface area contributed by atoms with Crippen molar-refractivity contribution < 1.29 is 27.5 Å². The Morgan fingerprint density at radius 1 is 0.971 bits per heavy atom. The second kappa shape index (κ2) is 9.70. The van der Waals surface area contributed by atoms with Crippen molar-refractivity contribution in [2.45, 2.75) is 36.8 Å². The number of rotatable bonds is 8.